The first-order valence-electron chi connectivity index (χ1n) is 12.2. The molecule has 0 amide bonds. The van der Waals surface area contributed by atoms with Crippen molar-refractivity contribution in [3.63, 3.8) is 0 Å². The lowest BCUT2D eigenvalue weighted by Gasteiger charge is -2.34. The summed E-state index contributed by atoms with van der Waals surface area (Å²) in [5.41, 5.74) is 2.22. The van der Waals surface area contributed by atoms with Gasteiger partial charge in [0.2, 0.25) is 15.2 Å². The average molecular weight is 530 g/mol. The molecule has 3 aromatic rings. The third kappa shape index (κ3) is 6.82. The number of sulfonamides is 1. The van der Waals surface area contributed by atoms with E-state index in [0.717, 1.165) is 54.0 Å². The van der Waals surface area contributed by atoms with Gasteiger partial charge in [0, 0.05) is 57.2 Å². The van der Waals surface area contributed by atoms with E-state index in [1.165, 1.54) is 11.5 Å². The molecular formula is C26H35N5O3S2. The molecule has 1 aliphatic heterocycles. The van der Waals surface area contributed by atoms with Gasteiger partial charge in [-0.2, -0.15) is 4.37 Å². The predicted octanol–water partition coefficient (Wildman–Crippen LogP) is 3.54. The Kier molecular flexibility index (Phi) is 8.29. The highest BCUT2D eigenvalue weighted by atomic mass is 32.2. The van der Waals surface area contributed by atoms with Gasteiger partial charge in [-0.1, -0.05) is 45.0 Å². The second-order valence-electron chi connectivity index (χ2n) is 10.0. The summed E-state index contributed by atoms with van der Waals surface area (Å²) in [7, 11) is -1.85. The Hall–Kier alpha value is -2.53. The molecule has 0 unspecified atom stereocenters. The molecule has 8 nitrogen and oxygen atoms in total. The summed E-state index contributed by atoms with van der Waals surface area (Å²) in [5.74, 6) is 1.65. The van der Waals surface area contributed by atoms with Gasteiger partial charge in [0.15, 0.2) is 0 Å². The van der Waals surface area contributed by atoms with Crippen LogP contribution in [0, 0.1) is 0 Å². The fourth-order valence-electron chi connectivity index (χ4n) is 4.13. The molecule has 0 saturated carbocycles. The Balaban J connectivity index is 1.23. The first-order chi connectivity index (χ1) is 17.1. The zero-order valence-corrected chi connectivity index (χ0v) is 23.0. The number of anilines is 1. The molecule has 0 radical (unpaired) electrons. The molecule has 0 spiro atoms. The summed E-state index contributed by atoms with van der Waals surface area (Å²) >= 11 is 1.43. The van der Waals surface area contributed by atoms with Crippen molar-refractivity contribution in [2.45, 2.75) is 37.5 Å². The smallest absolute Gasteiger partial charge is 0.240 e. The lowest BCUT2D eigenvalue weighted by Crippen LogP contribution is -2.48. The van der Waals surface area contributed by atoms with Gasteiger partial charge in [-0.05, 0) is 40.8 Å². The maximum Gasteiger partial charge on any atom is 0.240 e. The maximum absolute atomic E-state index is 12.7. The third-order valence-corrected chi connectivity index (χ3v) is 8.64. The minimum atomic E-state index is -3.52. The van der Waals surface area contributed by atoms with E-state index in [2.05, 4.69) is 45.7 Å². The summed E-state index contributed by atoms with van der Waals surface area (Å²) in [6.07, 6.45) is 0.673. The van der Waals surface area contributed by atoms with Crippen LogP contribution in [-0.4, -0.2) is 69.1 Å². The summed E-state index contributed by atoms with van der Waals surface area (Å²) in [6, 6.07) is 15.1. The van der Waals surface area contributed by atoms with Crippen molar-refractivity contribution in [2.75, 3.05) is 51.3 Å². The third-order valence-electron chi connectivity index (χ3n) is 6.35. The SMILES string of the molecule is COc1cccc(Cc2nsc(N3CCN(CCNS(=O)(=O)c4ccc(C(C)(C)C)cc4)CC3)n2)c1. The van der Waals surface area contributed by atoms with Gasteiger partial charge in [-0.25, -0.2) is 18.1 Å². The first kappa shape index (κ1) is 26.5. The topological polar surface area (TPSA) is 87.7 Å². The van der Waals surface area contributed by atoms with Crippen LogP contribution in [0.3, 0.4) is 0 Å². The summed E-state index contributed by atoms with van der Waals surface area (Å²) < 4.78 is 38.0. The summed E-state index contributed by atoms with van der Waals surface area (Å²) in [6.45, 7) is 10.8. The van der Waals surface area contributed by atoms with E-state index in [0.29, 0.717) is 24.4 Å². The quantitative estimate of drug-likeness (QED) is 0.454. The molecule has 1 aliphatic rings. The standard InChI is InChI=1S/C26H35N5O3S2/c1-26(2,3)21-8-10-23(11-9-21)36(32,33)27-12-13-30-14-16-31(17-15-30)25-28-24(29-35-25)19-20-6-5-7-22(18-20)34-4/h5-11,18,27H,12-17,19H2,1-4H3. The normalized spacial score (nSPS) is 15.3. The average Bonchev–Trinajstić information content (AvgIpc) is 3.32. The number of nitrogens with zero attached hydrogens (tertiary/aromatic N) is 4. The first-order valence-corrected chi connectivity index (χ1v) is 14.4. The van der Waals surface area contributed by atoms with Crippen LogP contribution in [0.5, 0.6) is 5.75 Å². The summed E-state index contributed by atoms with van der Waals surface area (Å²) in [5, 5.41) is 0.937. The predicted molar refractivity (Wildman–Crippen MR) is 145 cm³/mol. The highest BCUT2D eigenvalue weighted by Gasteiger charge is 2.21. The minimum absolute atomic E-state index is 0.00976. The number of nitrogens with one attached hydrogen (secondary N) is 1. The van der Waals surface area contributed by atoms with E-state index in [1.54, 1.807) is 19.2 Å². The molecule has 0 atom stereocenters. The van der Waals surface area contributed by atoms with Crippen LogP contribution in [0.15, 0.2) is 53.4 Å². The Bertz CT molecular complexity index is 1250. The van der Waals surface area contributed by atoms with Crippen LogP contribution in [0.4, 0.5) is 5.13 Å². The minimum Gasteiger partial charge on any atom is -0.497 e. The molecule has 2 aromatic carbocycles. The second-order valence-corrected chi connectivity index (χ2v) is 12.5. The lowest BCUT2D eigenvalue weighted by atomic mass is 9.87. The number of hydrogen-bond donors (Lipinski definition) is 1. The number of ether oxygens (including phenoxy) is 1. The second kappa shape index (κ2) is 11.2. The van der Waals surface area contributed by atoms with Gasteiger partial charge in [-0.3, -0.25) is 4.90 Å². The van der Waals surface area contributed by atoms with E-state index in [4.69, 9.17) is 9.72 Å². The number of methoxy groups -OCH3 is 1. The Morgan fingerprint density at radius 2 is 1.78 bits per heavy atom. The van der Waals surface area contributed by atoms with Gasteiger partial charge in [0.25, 0.3) is 0 Å². The number of aromatic nitrogens is 2. The Labute approximate surface area is 218 Å². The van der Waals surface area contributed by atoms with Gasteiger partial charge >= 0.3 is 0 Å². The van der Waals surface area contributed by atoms with Crippen LogP contribution in [0.25, 0.3) is 0 Å². The van der Waals surface area contributed by atoms with Crippen molar-refractivity contribution in [3.05, 3.63) is 65.5 Å². The maximum atomic E-state index is 12.7. The molecule has 4 rings (SSSR count). The van der Waals surface area contributed by atoms with E-state index in [-0.39, 0.29) is 5.41 Å². The highest BCUT2D eigenvalue weighted by molar-refractivity contribution is 7.89. The number of hydrogen-bond acceptors (Lipinski definition) is 8. The van der Waals surface area contributed by atoms with Crippen molar-refractivity contribution in [3.8, 4) is 5.75 Å². The van der Waals surface area contributed by atoms with E-state index in [9.17, 15) is 8.42 Å². The summed E-state index contributed by atoms with van der Waals surface area (Å²) in [4.78, 5) is 9.58. The van der Waals surface area contributed by atoms with Crippen LogP contribution >= 0.6 is 11.5 Å². The van der Waals surface area contributed by atoms with Crippen molar-refractivity contribution < 1.29 is 13.2 Å². The van der Waals surface area contributed by atoms with Crippen LogP contribution < -0.4 is 14.4 Å². The molecule has 1 N–H and O–H groups in total. The Morgan fingerprint density at radius 3 is 2.44 bits per heavy atom. The molecular weight excluding hydrogens is 494 g/mol. The molecule has 1 fully saturated rings. The highest BCUT2D eigenvalue weighted by Crippen LogP contribution is 2.24. The molecule has 1 aromatic heterocycles. The number of piperazine rings is 1. The zero-order chi connectivity index (χ0) is 25.8. The van der Waals surface area contributed by atoms with E-state index < -0.39 is 10.0 Å². The van der Waals surface area contributed by atoms with Crippen LogP contribution in [0.1, 0.15) is 37.7 Å². The van der Waals surface area contributed by atoms with Gasteiger partial charge in [0.1, 0.15) is 11.6 Å². The van der Waals surface area contributed by atoms with Gasteiger partial charge in [-0.15, -0.1) is 0 Å². The van der Waals surface area contributed by atoms with Crippen molar-refractivity contribution in [1.82, 2.24) is 19.0 Å². The van der Waals surface area contributed by atoms with Crippen molar-refractivity contribution in [1.29, 1.82) is 0 Å². The molecule has 2 heterocycles. The number of benzene rings is 2. The van der Waals surface area contributed by atoms with Gasteiger partial charge < -0.3 is 9.64 Å². The fraction of sp³-hybridized carbons (Fsp3) is 0.462. The van der Waals surface area contributed by atoms with Crippen molar-refractivity contribution >= 4 is 26.7 Å². The van der Waals surface area contributed by atoms with E-state index >= 15 is 0 Å². The molecule has 10 heteroatoms. The van der Waals surface area contributed by atoms with Crippen LogP contribution in [-0.2, 0) is 21.9 Å². The zero-order valence-electron chi connectivity index (χ0n) is 21.4. The van der Waals surface area contributed by atoms with Gasteiger partial charge in [0.05, 0.1) is 12.0 Å². The Morgan fingerprint density at radius 1 is 1.06 bits per heavy atom. The number of rotatable bonds is 9. The molecule has 0 aliphatic carbocycles. The molecule has 0 bridgehead atoms. The fourth-order valence-corrected chi connectivity index (χ4v) is 5.89. The lowest BCUT2D eigenvalue weighted by molar-refractivity contribution is 0.262. The molecule has 1 saturated heterocycles. The van der Waals surface area contributed by atoms with Crippen molar-refractivity contribution in [2.24, 2.45) is 0 Å². The van der Waals surface area contributed by atoms with Crippen LogP contribution in [0.2, 0.25) is 0 Å². The monoisotopic (exact) mass is 529 g/mol. The molecule has 36 heavy (non-hydrogen) atoms. The largest absolute Gasteiger partial charge is 0.497 e. The molecule has 194 valence electrons. The van der Waals surface area contributed by atoms with E-state index in [1.807, 2.05) is 30.3 Å².